The lowest BCUT2D eigenvalue weighted by molar-refractivity contribution is -0.0197. The smallest absolute Gasteiger partial charge is 0.253 e. The van der Waals surface area contributed by atoms with E-state index in [4.69, 9.17) is 4.74 Å². The number of carbonyl (C=O) groups is 1. The molecule has 1 fully saturated rings. The molecule has 0 aromatic heterocycles. The maximum Gasteiger partial charge on any atom is 0.253 e. The lowest BCUT2D eigenvalue weighted by Gasteiger charge is -2.35. The van der Waals surface area contributed by atoms with Crippen LogP contribution in [0.5, 0.6) is 0 Å². The van der Waals surface area contributed by atoms with Crippen molar-refractivity contribution in [3.63, 3.8) is 0 Å². The summed E-state index contributed by atoms with van der Waals surface area (Å²) in [7, 11) is 1.86. The maximum absolute atomic E-state index is 13.1. The summed E-state index contributed by atoms with van der Waals surface area (Å²) in [6, 6.07) is 12.5. The molecule has 0 radical (unpaired) electrons. The van der Waals surface area contributed by atoms with Crippen LogP contribution >= 0.6 is 0 Å². The van der Waals surface area contributed by atoms with Crippen LogP contribution in [0.15, 0.2) is 42.5 Å². The summed E-state index contributed by atoms with van der Waals surface area (Å²) in [6.45, 7) is 4.60. The molecule has 4 heteroatoms. The molecule has 25 heavy (non-hydrogen) atoms. The van der Waals surface area contributed by atoms with Gasteiger partial charge in [-0.25, -0.2) is 4.39 Å². The number of carbonyl (C=O) groups excluding carboxylic acids is 1. The molecule has 0 spiro atoms. The van der Waals surface area contributed by atoms with Gasteiger partial charge in [-0.1, -0.05) is 29.3 Å². The Labute approximate surface area is 148 Å². The van der Waals surface area contributed by atoms with E-state index in [1.807, 2.05) is 37.9 Å². The number of hydrogen-bond acceptors (Lipinski definition) is 2. The summed E-state index contributed by atoms with van der Waals surface area (Å²) < 4.78 is 19.0. The molecule has 0 bridgehead atoms. The van der Waals surface area contributed by atoms with E-state index >= 15 is 0 Å². The van der Waals surface area contributed by atoms with E-state index < -0.39 is 0 Å². The van der Waals surface area contributed by atoms with Gasteiger partial charge in [0, 0.05) is 25.3 Å². The summed E-state index contributed by atoms with van der Waals surface area (Å²) >= 11 is 0. The maximum atomic E-state index is 13.1. The SMILES string of the molecule is Cc1cc(C)cc(C(=O)N(C)[C@@H]2CCO[C@@H](c3ccc(F)cc3)C2)c1. The Morgan fingerprint density at radius 3 is 2.40 bits per heavy atom. The zero-order valence-corrected chi connectivity index (χ0v) is 15.0. The van der Waals surface area contributed by atoms with E-state index in [1.165, 1.54) is 12.1 Å². The van der Waals surface area contributed by atoms with Gasteiger partial charge in [0.05, 0.1) is 6.10 Å². The van der Waals surface area contributed by atoms with Crippen LogP contribution in [0, 0.1) is 19.7 Å². The minimum atomic E-state index is -0.252. The molecule has 0 N–H and O–H groups in total. The summed E-state index contributed by atoms with van der Waals surface area (Å²) in [5, 5.41) is 0. The van der Waals surface area contributed by atoms with E-state index in [-0.39, 0.29) is 23.9 Å². The predicted molar refractivity (Wildman–Crippen MR) is 96.1 cm³/mol. The van der Waals surface area contributed by atoms with Crippen LogP contribution in [-0.2, 0) is 4.74 Å². The monoisotopic (exact) mass is 341 g/mol. The Morgan fingerprint density at radius 2 is 1.76 bits per heavy atom. The predicted octanol–water partition coefficient (Wildman–Crippen LogP) is 4.43. The van der Waals surface area contributed by atoms with Gasteiger partial charge in [0.2, 0.25) is 0 Å². The Morgan fingerprint density at radius 1 is 1.12 bits per heavy atom. The first-order valence-corrected chi connectivity index (χ1v) is 8.66. The number of benzene rings is 2. The van der Waals surface area contributed by atoms with Crippen molar-refractivity contribution in [1.29, 1.82) is 0 Å². The van der Waals surface area contributed by atoms with E-state index in [9.17, 15) is 9.18 Å². The number of rotatable bonds is 3. The van der Waals surface area contributed by atoms with Gasteiger partial charge in [0.15, 0.2) is 0 Å². The van der Waals surface area contributed by atoms with Gasteiger partial charge in [0.25, 0.3) is 5.91 Å². The van der Waals surface area contributed by atoms with E-state index in [2.05, 4.69) is 6.07 Å². The number of aryl methyl sites for hydroxylation is 2. The van der Waals surface area contributed by atoms with E-state index in [1.54, 1.807) is 12.1 Å². The van der Waals surface area contributed by atoms with Crippen LogP contribution in [0.1, 0.15) is 46.0 Å². The number of ether oxygens (including phenoxy) is 1. The van der Waals surface area contributed by atoms with Gasteiger partial charge in [-0.3, -0.25) is 4.79 Å². The fraction of sp³-hybridized carbons (Fsp3) is 0.381. The van der Waals surface area contributed by atoms with Gasteiger partial charge in [-0.05, 0) is 56.5 Å². The Balaban J connectivity index is 1.73. The number of amides is 1. The molecule has 2 aromatic rings. The number of hydrogen-bond donors (Lipinski definition) is 0. The molecular formula is C21H24FNO2. The van der Waals surface area contributed by atoms with Crippen molar-refractivity contribution in [1.82, 2.24) is 4.90 Å². The highest BCUT2D eigenvalue weighted by Crippen LogP contribution is 2.31. The first-order chi connectivity index (χ1) is 11.9. The lowest BCUT2D eigenvalue weighted by Crippen LogP contribution is -2.41. The van der Waals surface area contributed by atoms with Crippen molar-refractivity contribution in [3.8, 4) is 0 Å². The van der Waals surface area contributed by atoms with Crippen LogP contribution in [-0.4, -0.2) is 30.5 Å². The largest absolute Gasteiger partial charge is 0.373 e. The second-order valence-corrected chi connectivity index (χ2v) is 6.88. The Hall–Kier alpha value is -2.20. The van der Waals surface area contributed by atoms with E-state index in [0.29, 0.717) is 6.61 Å². The van der Waals surface area contributed by atoms with Crippen LogP contribution < -0.4 is 0 Å². The highest BCUT2D eigenvalue weighted by Gasteiger charge is 2.29. The molecule has 2 atom stereocenters. The first-order valence-electron chi connectivity index (χ1n) is 8.66. The highest BCUT2D eigenvalue weighted by molar-refractivity contribution is 5.94. The molecule has 1 aliphatic heterocycles. The van der Waals surface area contributed by atoms with Crippen LogP contribution in [0.4, 0.5) is 4.39 Å². The van der Waals surface area contributed by atoms with Gasteiger partial charge in [0.1, 0.15) is 5.82 Å². The Bertz CT molecular complexity index is 737. The standard InChI is InChI=1S/C21H24FNO2/c1-14-10-15(2)12-17(11-14)21(24)23(3)19-8-9-25-20(13-19)16-4-6-18(22)7-5-16/h4-7,10-12,19-20H,8-9,13H2,1-3H3/t19-,20-/m1/s1. The zero-order chi connectivity index (χ0) is 18.0. The fourth-order valence-corrected chi connectivity index (χ4v) is 3.51. The zero-order valence-electron chi connectivity index (χ0n) is 15.0. The molecule has 0 unspecified atom stereocenters. The minimum absolute atomic E-state index is 0.0385. The quantitative estimate of drug-likeness (QED) is 0.826. The third-order valence-corrected chi connectivity index (χ3v) is 4.83. The number of halogens is 1. The molecular weight excluding hydrogens is 317 g/mol. The topological polar surface area (TPSA) is 29.5 Å². The highest BCUT2D eigenvalue weighted by atomic mass is 19.1. The van der Waals surface area contributed by atoms with Gasteiger partial charge >= 0.3 is 0 Å². The van der Waals surface area contributed by atoms with Crippen LogP contribution in [0.3, 0.4) is 0 Å². The minimum Gasteiger partial charge on any atom is -0.373 e. The summed E-state index contributed by atoms with van der Waals surface area (Å²) in [5.41, 5.74) is 3.86. The van der Waals surface area contributed by atoms with E-state index in [0.717, 1.165) is 35.1 Å². The lowest BCUT2D eigenvalue weighted by atomic mass is 9.96. The summed E-state index contributed by atoms with van der Waals surface area (Å²) in [6.07, 6.45) is 1.43. The molecule has 1 heterocycles. The van der Waals surface area contributed by atoms with Crippen molar-refractivity contribution in [2.45, 2.75) is 38.8 Å². The van der Waals surface area contributed by atoms with Crippen molar-refractivity contribution < 1.29 is 13.9 Å². The van der Waals surface area contributed by atoms with Crippen LogP contribution in [0.2, 0.25) is 0 Å². The molecule has 1 saturated heterocycles. The fourth-order valence-electron chi connectivity index (χ4n) is 3.51. The molecule has 0 saturated carbocycles. The van der Waals surface area contributed by atoms with Gasteiger partial charge < -0.3 is 9.64 Å². The van der Waals surface area contributed by atoms with Crippen molar-refractivity contribution in [2.75, 3.05) is 13.7 Å². The second-order valence-electron chi connectivity index (χ2n) is 6.88. The second kappa shape index (κ2) is 7.36. The Kier molecular flexibility index (Phi) is 5.19. The van der Waals surface area contributed by atoms with Crippen molar-refractivity contribution >= 4 is 5.91 Å². The van der Waals surface area contributed by atoms with Crippen molar-refractivity contribution in [2.24, 2.45) is 0 Å². The molecule has 1 amide bonds. The molecule has 132 valence electrons. The molecule has 3 rings (SSSR count). The molecule has 0 aliphatic carbocycles. The van der Waals surface area contributed by atoms with Gasteiger partial charge in [-0.15, -0.1) is 0 Å². The third kappa shape index (κ3) is 4.07. The normalized spacial score (nSPS) is 20.3. The molecule has 2 aromatic carbocycles. The number of nitrogens with zero attached hydrogens (tertiary/aromatic N) is 1. The third-order valence-electron chi connectivity index (χ3n) is 4.83. The first kappa shape index (κ1) is 17.6. The van der Waals surface area contributed by atoms with Crippen LogP contribution in [0.25, 0.3) is 0 Å². The summed E-state index contributed by atoms with van der Waals surface area (Å²) in [4.78, 5) is 14.7. The van der Waals surface area contributed by atoms with Crippen molar-refractivity contribution in [3.05, 3.63) is 70.5 Å². The molecule has 3 nitrogen and oxygen atoms in total. The average molecular weight is 341 g/mol. The summed E-state index contributed by atoms with van der Waals surface area (Å²) in [5.74, 6) is -0.213. The molecule has 1 aliphatic rings. The average Bonchev–Trinajstić information content (AvgIpc) is 2.60. The van der Waals surface area contributed by atoms with Gasteiger partial charge in [-0.2, -0.15) is 0 Å².